The minimum Gasteiger partial charge on any atom is -0.481 e. The number of unbranched alkanes of at least 4 members (excludes halogenated alkanes) is 26. The zero-order valence-electron chi connectivity index (χ0n) is 28.6. The van der Waals surface area contributed by atoms with Gasteiger partial charge in [-0.05, 0) is 38.5 Å². The number of hydrogen-bond acceptors (Lipinski definition) is 3. The Morgan fingerprint density at radius 2 is 0.714 bits per heavy atom. The van der Waals surface area contributed by atoms with Crippen LogP contribution in [0.4, 0.5) is 0 Å². The highest BCUT2D eigenvalue weighted by Gasteiger charge is 2.14. The van der Waals surface area contributed by atoms with E-state index in [9.17, 15) is 9.59 Å². The number of aliphatic carboxylic acids is 1. The number of hydrogen-bond donors (Lipinski definition) is 1. The van der Waals surface area contributed by atoms with Crippen LogP contribution in [-0.4, -0.2) is 23.1 Å². The Morgan fingerprint density at radius 1 is 0.429 bits per heavy atom. The smallest absolute Gasteiger partial charge is 0.306 e. The van der Waals surface area contributed by atoms with Crippen molar-refractivity contribution in [1.82, 2.24) is 0 Å². The van der Waals surface area contributed by atoms with Gasteiger partial charge in [0.15, 0.2) is 0 Å². The number of ether oxygens (including phenoxy) is 1. The third-order valence-electron chi connectivity index (χ3n) is 8.83. The Labute approximate surface area is 262 Å². The van der Waals surface area contributed by atoms with Gasteiger partial charge in [-0.3, -0.25) is 9.59 Å². The molecule has 0 spiro atoms. The van der Waals surface area contributed by atoms with E-state index >= 15 is 0 Å². The largest absolute Gasteiger partial charge is 0.481 e. The molecule has 0 aliphatic rings. The molecular weight excluding hydrogens is 520 g/mol. The summed E-state index contributed by atoms with van der Waals surface area (Å²) in [5.74, 6) is -0.672. The molecule has 1 atom stereocenters. The SMILES string of the molecule is CCCCCCCCCCCCCCC(CCCCCCCCC(=O)O)OC(=O)CCCCCCCCCCCCC. The van der Waals surface area contributed by atoms with Gasteiger partial charge in [-0.1, -0.05) is 174 Å². The lowest BCUT2D eigenvalue weighted by Crippen LogP contribution is -2.18. The second-order valence-corrected chi connectivity index (χ2v) is 13.1. The molecule has 0 aromatic carbocycles. The fraction of sp³-hybridized carbons (Fsp3) is 0.947. The second-order valence-electron chi connectivity index (χ2n) is 13.1. The molecule has 0 rings (SSSR count). The van der Waals surface area contributed by atoms with Crippen molar-refractivity contribution in [2.24, 2.45) is 0 Å². The minimum atomic E-state index is -0.689. The van der Waals surface area contributed by atoms with Gasteiger partial charge in [0.1, 0.15) is 6.10 Å². The zero-order chi connectivity index (χ0) is 30.8. The van der Waals surface area contributed by atoms with Crippen molar-refractivity contribution in [3.63, 3.8) is 0 Å². The van der Waals surface area contributed by atoms with E-state index in [1.165, 1.54) is 135 Å². The van der Waals surface area contributed by atoms with E-state index in [2.05, 4.69) is 13.8 Å². The maximum absolute atomic E-state index is 12.6. The molecule has 0 aliphatic carbocycles. The van der Waals surface area contributed by atoms with Gasteiger partial charge in [0, 0.05) is 12.8 Å². The normalized spacial score (nSPS) is 12.0. The first-order valence-corrected chi connectivity index (χ1v) is 19.0. The van der Waals surface area contributed by atoms with E-state index in [0.29, 0.717) is 6.42 Å². The zero-order valence-corrected chi connectivity index (χ0v) is 28.6. The summed E-state index contributed by atoms with van der Waals surface area (Å²) < 4.78 is 6.01. The summed E-state index contributed by atoms with van der Waals surface area (Å²) in [6, 6.07) is 0. The van der Waals surface area contributed by atoms with Gasteiger partial charge in [-0.15, -0.1) is 0 Å². The highest BCUT2D eigenvalue weighted by Crippen LogP contribution is 2.19. The summed E-state index contributed by atoms with van der Waals surface area (Å²) in [6.45, 7) is 4.55. The van der Waals surface area contributed by atoms with Crippen molar-refractivity contribution in [3.8, 4) is 0 Å². The van der Waals surface area contributed by atoms with Crippen molar-refractivity contribution < 1.29 is 19.4 Å². The minimum absolute atomic E-state index is 0.0172. The third kappa shape index (κ3) is 33.4. The lowest BCUT2D eigenvalue weighted by atomic mass is 10.0. The highest BCUT2D eigenvalue weighted by atomic mass is 16.5. The van der Waals surface area contributed by atoms with Gasteiger partial charge in [-0.2, -0.15) is 0 Å². The molecule has 0 saturated heterocycles. The van der Waals surface area contributed by atoms with Crippen molar-refractivity contribution >= 4 is 11.9 Å². The van der Waals surface area contributed by atoms with Gasteiger partial charge in [-0.25, -0.2) is 0 Å². The average molecular weight is 595 g/mol. The van der Waals surface area contributed by atoms with Gasteiger partial charge in [0.2, 0.25) is 0 Å². The summed E-state index contributed by atoms with van der Waals surface area (Å²) in [5, 5.41) is 8.77. The Hall–Kier alpha value is -1.06. The molecule has 0 aromatic rings. The summed E-state index contributed by atoms with van der Waals surface area (Å²) in [4.78, 5) is 23.3. The molecule has 250 valence electrons. The first-order valence-electron chi connectivity index (χ1n) is 19.0. The van der Waals surface area contributed by atoms with E-state index < -0.39 is 5.97 Å². The van der Waals surface area contributed by atoms with Gasteiger partial charge < -0.3 is 9.84 Å². The predicted molar refractivity (Wildman–Crippen MR) is 181 cm³/mol. The van der Waals surface area contributed by atoms with Crippen LogP contribution in [0.15, 0.2) is 0 Å². The number of carbonyl (C=O) groups excluding carboxylic acids is 1. The fourth-order valence-corrected chi connectivity index (χ4v) is 6.01. The number of rotatable bonds is 35. The molecule has 0 aliphatic heterocycles. The van der Waals surface area contributed by atoms with Crippen LogP contribution in [0.5, 0.6) is 0 Å². The van der Waals surface area contributed by atoms with Crippen LogP contribution in [0.25, 0.3) is 0 Å². The Morgan fingerprint density at radius 3 is 1.05 bits per heavy atom. The summed E-state index contributed by atoms with van der Waals surface area (Å²) >= 11 is 0. The Balaban J connectivity index is 4.04. The van der Waals surface area contributed by atoms with E-state index in [1.807, 2.05) is 0 Å². The van der Waals surface area contributed by atoms with Gasteiger partial charge in [0.05, 0.1) is 0 Å². The van der Waals surface area contributed by atoms with Crippen LogP contribution in [0.1, 0.15) is 226 Å². The van der Waals surface area contributed by atoms with E-state index in [1.54, 1.807) is 0 Å². The number of carboxylic acid groups (broad SMARTS) is 1. The third-order valence-corrected chi connectivity index (χ3v) is 8.83. The quantitative estimate of drug-likeness (QED) is 0.0585. The number of carbonyl (C=O) groups is 2. The molecule has 0 aromatic heterocycles. The van der Waals surface area contributed by atoms with Crippen LogP contribution in [0.3, 0.4) is 0 Å². The van der Waals surface area contributed by atoms with Crippen molar-refractivity contribution in [2.75, 3.05) is 0 Å². The average Bonchev–Trinajstić information content (AvgIpc) is 2.97. The Bertz CT molecular complexity index is 561. The predicted octanol–water partition coefficient (Wildman–Crippen LogP) is 12.9. The molecule has 1 N–H and O–H groups in total. The summed E-state index contributed by atoms with van der Waals surface area (Å²) in [5.41, 5.74) is 0. The summed E-state index contributed by atoms with van der Waals surface area (Å²) in [6.07, 6.45) is 39.7. The second kappa shape index (κ2) is 34.4. The lowest BCUT2D eigenvalue weighted by molar-refractivity contribution is -0.150. The maximum atomic E-state index is 12.6. The van der Waals surface area contributed by atoms with E-state index in [-0.39, 0.29) is 18.5 Å². The van der Waals surface area contributed by atoms with Crippen LogP contribution in [-0.2, 0) is 14.3 Å². The van der Waals surface area contributed by atoms with Crippen molar-refractivity contribution in [2.45, 2.75) is 232 Å². The molecule has 42 heavy (non-hydrogen) atoms. The summed E-state index contributed by atoms with van der Waals surface area (Å²) in [7, 11) is 0. The first kappa shape index (κ1) is 40.9. The Kier molecular flexibility index (Phi) is 33.6. The molecule has 0 fully saturated rings. The maximum Gasteiger partial charge on any atom is 0.306 e. The molecule has 0 radical (unpaired) electrons. The standard InChI is InChI=1S/C38H74O4/c1-3-5-7-9-11-13-15-17-18-20-24-28-32-36(33-29-25-22-23-26-30-34-37(39)40)42-38(41)35-31-27-21-19-16-14-12-10-8-6-4-2/h36H,3-35H2,1-2H3,(H,39,40). The monoisotopic (exact) mass is 595 g/mol. The fourth-order valence-electron chi connectivity index (χ4n) is 6.01. The molecular formula is C38H74O4. The van der Waals surface area contributed by atoms with Crippen LogP contribution in [0, 0.1) is 0 Å². The molecule has 4 heteroatoms. The van der Waals surface area contributed by atoms with Crippen LogP contribution >= 0.6 is 0 Å². The van der Waals surface area contributed by atoms with Gasteiger partial charge >= 0.3 is 11.9 Å². The highest BCUT2D eigenvalue weighted by molar-refractivity contribution is 5.69. The van der Waals surface area contributed by atoms with Gasteiger partial charge in [0.25, 0.3) is 0 Å². The molecule has 0 heterocycles. The molecule has 0 amide bonds. The molecule has 0 bridgehead atoms. The lowest BCUT2D eigenvalue weighted by Gasteiger charge is -2.18. The van der Waals surface area contributed by atoms with E-state index in [0.717, 1.165) is 64.2 Å². The van der Waals surface area contributed by atoms with E-state index in [4.69, 9.17) is 9.84 Å². The van der Waals surface area contributed by atoms with Crippen LogP contribution in [0.2, 0.25) is 0 Å². The topological polar surface area (TPSA) is 63.6 Å². The van der Waals surface area contributed by atoms with Crippen LogP contribution < -0.4 is 0 Å². The molecule has 0 saturated carbocycles. The number of carboxylic acids is 1. The molecule has 1 unspecified atom stereocenters. The first-order chi connectivity index (χ1) is 20.6. The van der Waals surface area contributed by atoms with Crippen molar-refractivity contribution in [1.29, 1.82) is 0 Å². The number of esters is 1. The molecule has 4 nitrogen and oxygen atoms in total. The van der Waals surface area contributed by atoms with Crippen molar-refractivity contribution in [3.05, 3.63) is 0 Å².